The standard InChI is InChI=1S/C23H28N9O3S2/c1-4-37(33,34)31-15-23(16-31,6-7-24)32-12-17(11-25-32)20-21-19(5-10-36-21)27-22(28-20)26-18-13-29(2)30(14-18)8-9-35-3/h5,10-14H,4,6,8-9,15-16H2,1-3H3,(H,26,27,28)/q+1. The molecular weight excluding hydrogens is 514 g/mol. The van der Waals surface area contributed by atoms with Crippen molar-refractivity contribution in [2.24, 2.45) is 7.05 Å². The fourth-order valence-corrected chi connectivity index (χ4v) is 6.54. The number of hydrogen-bond acceptors (Lipinski definition) is 9. The lowest BCUT2D eigenvalue weighted by Gasteiger charge is -2.47. The number of ether oxygens (including phenoxy) is 1. The second-order valence-electron chi connectivity index (χ2n) is 9.00. The smallest absolute Gasteiger partial charge is 0.228 e. The fraction of sp³-hybridized carbons (Fsp3) is 0.435. The minimum atomic E-state index is -3.32. The van der Waals surface area contributed by atoms with Crippen LogP contribution in [0, 0.1) is 11.3 Å². The first-order valence-electron chi connectivity index (χ1n) is 11.8. The molecule has 0 spiro atoms. The molecule has 0 unspecified atom stereocenters. The van der Waals surface area contributed by atoms with Gasteiger partial charge in [-0.25, -0.2) is 18.4 Å². The zero-order valence-corrected chi connectivity index (χ0v) is 22.5. The molecule has 0 amide bonds. The SMILES string of the molecule is CCS(=O)(=O)N1CC(CC#N)(n2cc(-c3nc(Nc4cn(CCOC)[n+](C)c4)nc4ccsc34)cn2)C1. The summed E-state index contributed by atoms with van der Waals surface area (Å²) in [5.41, 5.74) is 2.45. The molecule has 1 saturated heterocycles. The minimum absolute atomic E-state index is 0.0286. The Morgan fingerprint density at radius 3 is 2.86 bits per heavy atom. The average molecular weight is 543 g/mol. The first-order valence-corrected chi connectivity index (χ1v) is 14.2. The van der Waals surface area contributed by atoms with Crippen LogP contribution in [0.15, 0.2) is 36.2 Å². The summed E-state index contributed by atoms with van der Waals surface area (Å²) >= 11 is 1.54. The van der Waals surface area contributed by atoms with Crippen LogP contribution in [0.2, 0.25) is 0 Å². The second kappa shape index (κ2) is 9.82. The molecule has 0 radical (unpaired) electrons. The molecule has 37 heavy (non-hydrogen) atoms. The number of aryl methyl sites for hydroxylation is 1. The predicted octanol–water partition coefficient (Wildman–Crippen LogP) is 1.85. The van der Waals surface area contributed by atoms with Crippen molar-refractivity contribution in [2.75, 3.05) is 37.9 Å². The van der Waals surface area contributed by atoms with Crippen LogP contribution in [0.3, 0.4) is 0 Å². The van der Waals surface area contributed by atoms with E-state index in [0.29, 0.717) is 19.1 Å². The van der Waals surface area contributed by atoms with E-state index in [4.69, 9.17) is 9.72 Å². The summed E-state index contributed by atoms with van der Waals surface area (Å²) < 4.78 is 37.8. The van der Waals surface area contributed by atoms with Gasteiger partial charge in [-0.3, -0.25) is 4.68 Å². The Kier molecular flexibility index (Phi) is 6.71. The van der Waals surface area contributed by atoms with Crippen LogP contribution in [-0.2, 0) is 33.9 Å². The number of nitrogens with zero attached hydrogens (tertiary/aromatic N) is 8. The van der Waals surface area contributed by atoms with E-state index in [9.17, 15) is 13.7 Å². The molecule has 12 nitrogen and oxygen atoms in total. The number of sulfonamides is 1. The van der Waals surface area contributed by atoms with E-state index in [0.717, 1.165) is 27.2 Å². The van der Waals surface area contributed by atoms with Crippen molar-refractivity contribution < 1.29 is 17.8 Å². The van der Waals surface area contributed by atoms with Crippen LogP contribution in [0.5, 0.6) is 0 Å². The Morgan fingerprint density at radius 2 is 2.14 bits per heavy atom. The van der Waals surface area contributed by atoms with Crippen LogP contribution >= 0.6 is 11.3 Å². The summed E-state index contributed by atoms with van der Waals surface area (Å²) in [5, 5.41) is 19.3. The van der Waals surface area contributed by atoms with E-state index in [1.54, 1.807) is 36.2 Å². The molecule has 0 aromatic carbocycles. The first kappa shape index (κ1) is 25.3. The lowest BCUT2D eigenvalue weighted by atomic mass is 9.89. The van der Waals surface area contributed by atoms with E-state index in [1.807, 2.05) is 46.4 Å². The summed E-state index contributed by atoms with van der Waals surface area (Å²) in [5.74, 6) is 0.481. The number of fused-ring (bicyclic) bond motifs is 1. The van der Waals surface area contributed by atoms with E-state index >= 15 is 0 Å². The van der Waals surface area contributed by atoms with Gasteiger partial charge in [-0.2, -0.15) is 19.3 Å². The normalized spacial score (nSPS) is 15.5. The molecule has 194 valence electrons. The Bertz CT molecular complexity index is 1580. The Morgan fingerprint density at radius 1 is 1.32 bits per heavy atom. The van der Waals surface area contributed by atoms with Gasteiger partial charge in [-0.1, -0.05) is 0 Å². The van der Waals surface area contributed by atoms with Crippen molar-refractivity contribution in [3.63, 3.8) is 0 Å². The highest BCUT2D eigenvalue weighted by atomic mass is 32.2. The van der Waals surface area contributed by atoms with Crippen molar-refractivity contribution in [3.05, 3.63) is 36.2 Å². The third kappa shape index (κ3) is 4.71. The number of nitriles is 1. The van der Waals surface area contributed by atoms with Gasteiger partial charge < -0.3 is 10.1 Å². The molecule has 0 bridgehead atoms. The van der Waals surface area contributed by atoms with Gasteiger partial charge in [0.25, 0.3) is 0 Å². The third-order valence-corrected chi connectivity index (χ3v) is 9.24. The van der Waals surface area contributed by atoms with E-state index in [2.05, 4.69) is 21.5 Å². The van der Waals surface area contributed by atoms with Gasteiger partial charge in [0.05, 0.1) is 53.2 Å². The van der Waals surface area contributed by atoms with E-state index in [1.165, 1.54) is 4.31 Å². The number of nitrogens with one attached hydrogen (secondary N) is 1. The number of aromatic nitrogens is 6. The summed E-state index contributed by atoms with van der Waals surface area (Å²) in [6.45, 7) is 3.38. The quantitative estimate of drug-likeness (QED) is 0.300. The van der Waals surface area contributed by atoms with Crippen molar-refractivity contribution in [3.8, 4) is 17.3 Å². The highest BCUT2D eigenvalue weighted by Crippen LogP contribution is 2.37. The van der Waals surface area contributed by atoms with Crippen molar-refractivity contribution in [2.45, 2.75) is 25.4 Å². The molecule has 4 aromatic heterocycles. The lowest BCUT2D eigenvalue weighted by Crippen LogP contribution is -2.64. The molecule has 0 aliphatic carbocycles. The van der Waals surface area contributed by atoms with Gasteiger partial charge in [0.1, 0.15) is 17.8 Å². The summed E-state index contributed by atoms with van der Waals surface area (Å²) in [7, 11) is 0.303. The largest absolute Gasteiger partial charge is 0.383 e. The Labute approximate surface area is 218 Å². The minimum Gasteiger partial charge on any atom is -0.383 e. The van der Waals surface area contributed by atoms with Crippen LogP contribution in [0.4, 0.5) is 11.6 Å². The monoisotopic (exact) mass is 542 g/mol. The molecule has 0 atom stereocenters. The van der Waals surface area contributed by atoms with Crippen LogP contribution in [-0.4, -0.2) is 69.7 Å². The van der Waals surface area contributed by atoms with Gasteiger partial charge in [-0.15, -0.1) is 16.0 Å². The molecule has 1 fully saturated rings. The molecule has 5 rings (SSSR count). The van der Waals surface area contributed by atoms with Crippen molar-refractivity contribution in [1.82, 2.24) is 28.7 Å². The molecule has 5 heterocycles. The number of hydrogen-bond donors (Lipinski definition) is 1. The number of rotatable bonds is 10. The number of thiophene rings is 1. The maximum absolute atomic E-state index is 12.3. The molecule has 14 heteroatoms. The Balaban J connectivity index is 1.45. The summed E-state index contributed by atoms with van der Waals surface area (Å²) in [4.78, 5) is 9.49. The van der Waals surface area contributed by atoms with Crippen molar-refractivity contribution >= 4 is 43.2 Å². The van der Waals surface area contributed by atoms with Crippen molar-refractivity contribution in [1.29, 1.82) is 5.26 Å². The summed E-state index contributed by atoms with van der Waals surface area (Å²) in [6.07, 6.45) is 7.64. The van der Waals surface area contributed by atoms with Crippen LogP contribution in [0.25, 0.3) is 21.5 Å². The number of methoxy groups -OCH3 is 1. The summed E-state index contributed by atoms with van der Waals surface area (Å²) in [6, 6.07) is 4.15. The van der Waals surface area contributed by atoms with Gasteiger partial charge in [0.2, 0.25) is 22.2 Å². The van der Waals surface area contributed by atoms with Crippen LogP contribution < -0.4 is 10.00 Å². The maximum atomic E-state index is 12.3. The second-order valence-corrected chi connectivity index (χ2v) is 12.2. The lowest BCUT2D eigenvalue weighted by molar-refractivity contribution is -0.753. The highest BCUT2D eigenvalue weighted by molar-refractivity contribution is 7.89. The molecule has 0 saturated carbocycles. The van der Waals surface area contributed by atoms with E-state index < -0.39 is 15.6 Å². The topological polar surface area (TPSA) is 135 Å². The Hall–Kier alpha value is -3.38. The maximum Gasteiger partial charge on any atom is 0.228 e. The van der Waals surface area contributed by atoms with Gasteiger partial charge in [0, 0.05) is 32.0 Å². The molecule has 1 N–H and O–H groups in total. The van der Waals surface area contributed by atoms with Gasteiger partial charge >= 0.3 is 0 Å². The van der Waals surface area contributed by atoms with Gasteiger partial charge in [-0.05, 0) is 18.4 Å². The molecular formula is C23H28N9O3S2+. The number of anilines is 2. The van der Waals surface area contributed by atoms with Crippen LogP contribution in [0.1, 0.15) is 13.3 Å². The highest BCUT2D eigenvalue weighted by Gasteiger charge is 2.49. The molecule has 4 aromatic rings. The zero-order valence-electron chi connectivity index (χ0n) is 20.8. The zero-order chi connectivity index (χ0) is 26.2. The molecule has 1 aliphatic rings. The third-order valence-electron chi connectivity index (χ3n) is 6.55. The first-order chi connectivity index (χ1) is 17.8. The van der Waals surface area contributed by atoms with Gasteiger partial charge in [0.15, 0.2) is 7.05 Å². The van der Waals surface area contributed by atoms with E-state index in [-0.39, 0.29) is 25.3 Å². The average Bonchev–Trinajstić information content (AvgIpc) is 3.59. The molecule has 1 aliphatic heterocycles. The fourth-order valence-electron chi connectivity index (χ4n) is 4.46. The predicted molar refractivity (Wildman–Crippen MR) is 139 cm³/mol.